The lowest BCUT2D eigenvalue weighted by Crippen LogP contribution is -2.07. The number of pyridine rings is 1. The Morgan fingerprint density at radius 3 is 2.53 bits per heavy atom. The van der Waals surface area contributed by atoms with E-state index in [4.69, 9.17) is 4.74 Å². The van der Waals surface area contributed by atoms with Gasteiger partial charge in [-0.1, -0.05) is 18.2 Å². The maximum absolute atomic E-state index is 5.89. The van der Waals surface area contributed by atoms with Gasteiger partial charge in [0, 0.05) is 11.8 Å². The van der Waals surface area contributed by atoms with E-state index in [0.717, 1.165) is 22.6 Å². The summed E-state index contributed by atoms with van der Waals surface area (Å²) in [6.07, 6.45) is 1.97. The largest absolute Gasteiger partial charge is 0.490 e. The number of hydrogen-bond donors (Lipinski definition) is 0. The first kappa shape index (κ1) is 11.6. The van der Waals surface area contributed by atoms with E-state index in [1.165, 1.54) is 0 Å². The second kappa shape index (κ2) is 5.00. The average Bonchev–Trinajstić information content (AvgIpc) is 2.32. The van der Waals surface area contributed by atoms with E-state index in [1.807, 2.05) is 44.2 Å². The van der Waals surface area contributed by atoms with E-state index in [0.29, 0.717) is 0 Å². The Balaban J connectivity index is 2.50. The van der Waals surface area contributed by atoms with E-state index in [-0.39, 0.29) is 6.10 Å². The quantitative estimate of drug-likeness (QED) is 0.794. The zero-order valence-corrected chi connectivity index (χ0v) is 10.5. The minimum Gasteiger partial charge on any atom is -0.490 e. The van der Waals surface area contributed by atoms with Gasteiger partial charge in [-0.15, -0.1) is 0 Å². The van der Waals surface area contributed by atoms with E-state index in [2.05, 4.69) is 18.0 Å². The van der Waals surface area contributed by atoms with Crippen LogP contribution in [0.1, 0.15) is 19.4 Å². The number of rotatable bonds is 3. The van der Waals surface area contributed by atoms with Gasteiger partial charge in [-0.2, -0.15) is 0 Å². The topological polar surface area (TPSA) is 22.1 Å². The van der Waals surface area contributed by atoms with Crippen molar-refractivity contribution in [2.75, 3.05) is 0 Å². The molecular weight excluding hydrogens is 210 g/mol. The summed E-state index contributed by atoms with van der Waals surface area (Å²) >= 11 is 0. The zero-order chi connectivity index (χ0) is 12.3. The Bertz CT molecular complexity index is 492. The van der Waals surface area contributed by atoms with Gasteiger partial charge in [-0.3, -0.25) is 4.98 Å². The van der Waals surface area contributed by atoms with Gasteiger partial charge in [0.15, 0.2) is 0 Å². The van der Waals surface area contributed by atoms with Crippen LogP contribution in [0.15, 0.2) is 42.6 Å². The summed E-state index contributed by atoms with van der Waals surface area (Å²) in [4.78, 5) is 4.38. The van der Waals surface area contributed by atoms with Crippen LogP contribution in [0, 0.1) is 6.92 Å². The van der Waals surface area contributed by atoms with Crippen molar-refractivity contribution in [2.24, 2.45) is 0 Å². The molecule has 2 nitrogen and oxygen atoms in total. The smallest absolute Gasteiger partial charge is 0.131 e. The molecule has 1 aromatic heterocycles. The molecule has 0 unspecified atom stereocenters. The van der Waals surface area contributed by atoms with Crippen LogP contribution in [0.2, 0.25) is 0 Å². The second-order valence-corrected chi connectivity index (χ2v) is 4.33. The lowest BCUT2D eigenvalue weighted by atomic mass is 10.1. The number of aryl methyl sites for hydroxylation is 1. The van der Waals surface area contributed by atoms with Crippen molar-refractivity contribution < 1.29 is 4.74 Å². The normalized spacial score (nSPS) is 10.6. The van der Waals surface area contributed by atoms with Crippen molar-refractivity contribution in [2.45, 2.75) is 26.9 Å². The molecule has 0 atom stereocenters. The van der Waals surface area contributed by atoms with Crippen LogP contribution in [0.5, 0.6) is 5.75 Å². The molecule has 0 bridgehead atoms. The molecule has 88 valence electrons. The van der Waals surface area contributed by atoms with Gasteiger partial charge in [0.2, 0.25) is 0 Å². The van der Waals surface area contributed by atoms with Crippen molar-refractivity contribution in [3.8, 4) is 17.0 Å². The first-order chi connectivity index (χ1) is 8.18. The standard InChI is InChI=1S/C15H17NO/c1-11(2)17-15-12(3)7-6-8-13(15)14-9-4-5-10-16-14/h4-11H,1-3H3. The Morgan fingerprint density at radius 2 is 1.88 bits per heavy atom. The molecule has 0 N–H and O–H groups in total. The maximum atomic E-state index is 5.89. The summed E-state index contributed by atoms with van der Waals surface area (Å²) in [6.45, 7) is 6.13. The van der Waals surface area contributed by atoms with Crippen LogP contribution in [0.3, 0.4) is 0 Å². The molecular formula is C15H17NO. The fraction of sp³-hybridized carbons (Fsp3) is 0.267. The number of ether oxygens (including phenoxy) is 1. The molecule has 2 rings (SSSR count). The van der Waals surface area contributed by atoms with Crippen molar-refractivity contribution >= 4 is 0 Å². The van der Waals surface area contributed by atoms with Crippen LogP contribution in [0.4, 0.5) is 0 Å². The van der Waals surface area contributed by atoms with Crippen LogP contribution < -0.4 is 4.74 Å². The number of para-hydroxylation sites is 1. The molecule has 0 aliphatic rings. The van der Waals surface area contributed by atoms with Gasteiger partial charge in [-0.25, -0.2) is 0 Å². The maximum Gasteiger partial charge on any atom is 0.131 e. The molecule has 2 aromatic rings. The first-order valence-electron chi connectivity index (χ1n) is 5.86. The summed E-state index contributed by atoms with van der Waals surface area (Å²) in [5.74, 6) is 0.932. The lowest BCUT2D eigenvalue weighted by molar-refractivity contribution is 0.242. The summed E-state index contributed by atoms with van der Waals surface area (Å²) in [5, 5.41) is 0. The third-order valence-electron chi connectivity index (χ3n) is 2.51. The van der Waals surface area contributed by atoms with Gasteiger partial charge in [0.05, 0.1) is 11.8 Å². The molecule has 1 aromatic carbocycles. The Labute approximate surface area is 102 Å². The SMILES string of the molecule is Cc1cccc(-c2ccccn2)c1OC(C)C. The van der Waals surface area contributed by atoms with Crippen molar-refractivity contribution in [3.63, 3.8) is 0 Å². The molecule has 0 saturated heterocycles. The molecule has 2 heteroatoms. The molecule has 0 radical (unpaired) electrons. The van der Waals surface area contributed by atoms with Crippen molar-refractivity contribution in [1.82, 2.24) is 4.98 Å². The molecule has 1 heterocycles. The van der Waals surface area contributed by atoms with Crippen LogP contribution in [-0.2, 0) is 0 Å². The minimum absolute atomic E-state index is 0.165. The van der Waals surface area contributed by atoms with Gasteiger partial charge < -0.3 is 4.74 Å². The Hall–Kier alpha value is -1.83. The fourth-order valence-electron chi connectivity index (χ4n) is 1.77. The molecule has 0 amide bonds. The highest BCUT2D eigenvalue weighted by atomic mass is 16.5. The monoisotopic (exact) mass is 227 g/mol. The van der Waals surface area contributed by atoms with Crippen LogP contribution in [-0.4, -0.2) is 11.1 Å². The highest BCUT2D eigenvalue weighted by molar-refractivity contribution is 5.68. The summed E-state index contributed by atoms with van der Waals surface area (Å²) in [7, 11) is 0. The van der Waals surface area contributed by atoms with Gasteiger partial charge in [0.25, 0.3) is 0 Å². The zero-order valence-electron chi connectivity index (χ0n) is 10.5. The molecule has 0 spiro atoms. The number of nitrogens with zero attached hydrogens (tertiary/aromatic N) is 1. The highest BCUT2D eigenvalue weighted by Crippen LogP contribution is 2.32. The Kier molecular flexibility index (Phi) is 3.43. The van der Waals surface area contributed by atoms with Gasteiger partial charge in [0.1, 0.15) is 5.75 Å². The predicted octanol–water partition coefficient (Wildman–Crippen LogP) is 3.84. The number of benzene rings is 1. The van der Waals surface area contributed by atoms with Gasteiger partial charge in [-0.05, 0) is 44.5 Å². The molecule has 17 heavy (non-hydrogen) atoms. The van der Waals surface area contributed by atoms with E-state index < -0.39 is 0 Å². The predicted molar refractivity (Wildman–Crippen MR) is 70.2 cm³/mol. The first-order valence-corrected chi connectivity index (χ1v) is 5.86. The Morgan fingerprint density at radius 1 is 1.06 bits per heavy atom. The average molecular weight is 227 g/mol. The summed E-state index contributed by atoms with van der Waals surface area (Å²) in [5.41, 5.74) is 3.15. The van der Waals surface area contributed by atoms with Crippen LogP contribution in [0.25, 0.3) is 11.3 Å². The molecule has 0 aliphatic heterocycles. The third-order valence-corrected chi connectivity index (χ3v) is 2.51. The summed E-state index contributed by atoms with van der Waals surface area (Å²) < 4.78 is 5.89. The third kappa shape index (κ3) is 2.64. The molecule has 0 saturated carbocycles. The lowest BCUT2D eigenvalue weighted by Gasteiger charge is -2.16. The summed E-state index contributed by atoms with van der Waals surface area (Å²) in [6, 6.07) is 12.1. The fourth-order valence-corrected chi connectivity index (χ4v) is 1.77. The van der Waals surface area contributed by atoms with E-state index in [1.54, 1.807) is 6.20 Å². The van der Waals surface area contributed by atoms with Crippen molar-refractivity contribution in [1.29, 1.82) is 0 Å². The van der Waals surface area contributed by atoms with E-state index >= 15 is 0 Å². The highest BCUT2D eigenvalue weighted by Gasteiger charge is 2.10. The van der Waals surface area contributed by atoms with Crippen molar-refractivity contribution in [3.05, 3.63) is 48.2 Å². The molecule has 0 fully saturated rings. The van der Waals surface area contributed by atoms with Gasteiger partial charge >= 0.3 is 0 Å². The number of hydrogen-bond acceptors (Lipinski definition) is 2. The van der Waals surface area contributed by atoms with E-state index in [9.17, 15) is 0 Å². The molecule has 0 aliphatic carbocycles. The number of aromatic nitrogens is 1. The van der Waals surface area contributed by atoms with Crippen LogP contribution >= 0.6 is 0 Å². The second-order valence-electron chi connectivity index (χ2n) is 4.33. The minimum atomic E-state index is 0.165.